The molecule has 0 aliphatic carbocycles. The lowest BCUT2D eigenvalue weighted by Gasteiger charge is -2.22. The van der Waals surface area contributed by atoms with E-state index in [4.69, 9.17) is 5.73 Å². The monoisotopic (exact) mass is 277 g/mol. The van der Waals surface area contributed by atoms with E-state index >= 15 is 0 Å². The highest BCUT2D eigenvalue weighted by Gasteiger charge is 2.18. The number of nitrogen functional groups attached to an aromatic ring is 1. The van der Waals surface area contributed by atoms with Crippen LogP contribution in [0, 0.1) is 5.92 Å². The van der Waals surface area contributed by atoms with Crippen molar-refractivity contribution in [2.24, 2.45) is 5.92 Å². The van der Waals surface area contributed by atoms with Gasteiger partial charge in [0.05, 0.1) is 0 Å². The summed E-state index contributed by atoms with van der Waals surface area (Å²) in [5.41, 5.74) is 5.82. The summed E-state index contributed by atoms with van der Waals surface area (Å²) in [5.74, 6) is 3.01. The third kappa shape index (κ3) is 3.99. The maximum absolute atomic E-state index is 5.82. The van der Waals surface area contributed by atoms with Gasteiger partial charge in [0.1, 0.15) is 11.6 Å². The molecule has 2 rings (SSSR count). The van der Waals surface area contributed by atoms with Gasteiger partial charge in [0.25, 0.3) is 0 Å². The van der Waals surface area contributed by atoms with E-state index in [0.29, 0.717) is 5.95 Å². The van der Waals surface area contributed by atoms with Gasteiger partial charge in [-0.3, -0.25) is 0 Å². The van der Waals surface area contributed by atoms with Crippen LogP contribution >= 0.6 is 0 Å². The highest BCUT2D eigenvalue weighted by atomic mass is 15.2. The lowest BCUT2D eigenvalue weighted by Crippen LogP contribution is -2.26. The fourth-order valence-corrected chi connectivity index (χ4v) is 2.98. The average Bonchev–Trinajstić information content (AvgIpc) is 2.65. The van der Waals surface area contributed by atoms with E-state index < -0.39 is 0 Å². The molecular weight excluding hydrogens is 250 g/mol. The van der Waals surface area contributed by atoms with Crippen molar-refractivity contribution in [2.75, 3.05) is 35.6 Å². The van der Waals surface area contributed by atoms with Crippen LogP contribution in [0.3, 0.4) is 0 Å². The second kappa shape index (κ2) is 7.31. The molecule has 1 aliphatic heterocycles. The maximum atomic E-state index is 5.82. The van der Waals surface area contributed by atoms with Crippen LogP contribution in [0.5, 0.6) is 0 Å². The van der Waals surface area contributed by atoms with Gasteiger partial charge in [0.2, 0.25) is 5.95 Å². The van der Waals surface area contributed by atoms with Crippen molar-refractivity contribution in [2.45, 2.75) is 46.0 Å². The van der Waals surface area contributed by atoms with Crippen LogP contribution in [0.4, 0.5) is 17.6 Å². The normalized spacial score (nSPS) is 19.7. The molecule has 5 nitrogen and oxygen atoms in total. The fraction of sp³-hybridized carbons (Fsp3) is 0.733. The van der Waals surface area contributed by atoms with E-state index in [0.717, 1.165) is 37.2 Å². The van der Waals surface area contributed by atoms with Crippen LogP contribution in [-0.2, 0) is 0 Å². The van der Waals surface area contributed by atoms with Crippen molar-refractivity contribution >= 4 is 17.6 Å². The predicted octanol–water partition coefficient (Wildman–Crippen LogP) is 2.90. The van der Waals surface area contributed by atoms with E-state index in [-0.39, 0.29) is 0 Å². The molecule has 0 bridgehead atoms. The number of hydrogen-bond donors (Lipinski definition) is 2. The van der Waals surface area contributed by atoms with Gasteiger partial charge in [0, 0.05) is 25.7 Å². The lowest BCUT2D eigenvalue weighted by atomic mass is 9.96. The average molecular weight is 277 g/mol. The molecule has 112 valence electrons. The second-order valence-electron chi connectivity index (χ2n) is 5.57. The van der Waals surface area contributed by atoms with Crippen LogP contribution < -0.4 is 16.0 Å². The zero-order chi connectivity index (χ0) is 14.4. The molecule has 0 radical (unpaired) electrons. The van der Waals surface area contributed by atoms with Gasteiger partial charge in [-0.25, -0.2) is 0 Å². The summed E-state index contributed by atoms with van der Waals surface area (Å²) in [6.45, 7) is 7.32. The van der Waals surface area contributed by atoms with Crippen molar-refractivity contribution in [3.8, 4) is 0 Å². The predicted molar refractivity (Wildman–Crippen MR) is 85.1 cm³/mol. The Labute approximate surface area is 122 Å². The highest BCUT2D eigenvalue weighted by molar-refractivity contribution is 5.52. The van der Waals surface area contributed by atoms with Crippen LogP contribution in [0.1, 0.15) is 46.0 Å². The minimum Gasteiger partial charge on any atom is -0.370 e. The van der Waals surface area contributed by atoms with Gasteiger partial charge >= 0.3 is 0 Å². The molecule has 2 heterocycles. The molecule has 1 saturated heterocycles. The van der Waals surface area contributed by atoms with Gasteiger partial charge < -0.3 is 16.0 Å². The van der Waals surface area contributed by atoms with Crippen LogP contribution in [0.15, 0.2) is 6.07 Å². The first-order valence-electron chi connectivity index (χ1n) is 7.86. The molecule has 0 amide bonds. The number of nitrogens with one attached hydrogen (secondary N) is 1. The van der Waals surface area contributed by atoms with Crippen LogP contribution in [0.2, 0.25) is 0 Å². The van der Waals surface area contributed by atoms with Crippen molar-refractivity contribution in [3.05, 3.63) is 6.07 Å². The molecule has 0 spiro atoms. The molecule has 5 heteroatoms. The smallest absolute Gasteiger partial charge is 0.223 e. The molecule has 1 atom stereocenters. The highest BCUT2D eigenvalue weighted by Crippen LogP contribution is 2.25. The van der Waals surface area contributed by atoms with Gasteiger partial charge in [0.15, 0.2) is 0 Å². The minimum atomic E-state index is 0.354. The summed E-state index contributed by atoms with van der Waals surface area (Å²) in [5, 5.41) is 3.21. The molecule has 1 unspecified atom stereocenters. The molecule has 1 aromatic rings. The molecule has 1 aliphatic rings. The topological polar surface area (TPSA) is 67.1 Å². The van der Waals surface area contributed by atoms with Crippen molar-refractivity contribution in [1.29, 1.82) is 0 Å². The van der Waals surface area contributed by atoms with E-state index in [1.54, 1.807) is 0 Å². The fourth-order valence-electron chi connectivity index (χ4n) is 2.98. The van der Waals surface area contributed by atoms with E-state index in [2.05, 4.69) is 34.0 Å². The molecule has 0 aromatic carbocycles. The van der Waals surface area contributed by atoms with Gasteiger partial charge in [-0.05, 0) is 32.1 Å². The maximum Gasteiger partial charge on any atom is 0.223 e. The number of nitrogens with two attached hydrogens (primary N) is 1. The van der Waals surface area contributed by atoms with E-state index in [9.17, 15) is 0 Å². The Hall–Kier alpha value is -1.52. The first-order valence-corrected chi connectivity index (χ1v) is 7.86. The third-order valence-corrected chi connectivity index (χ3v) is 3.96. The van der Waals surface area contributed by atoms with Crippen LogP contribution in [0.25, 0.3) is 0 Å². The van der Waals surface area contributed by atoms with E-state index in [1.807, 2.05) is 6.07 Å². The summed E-state index contributed by atoms with van der Waals surface area (Å²) in [6, 6.07) is 2.01. The zero-order valence-electron chi connectivity index (χ0n) is 12.7. The van der Waals surface area contributed by atoms with Crippen molar-refractivity contribution < 1.29 is 0 Å². The zero-order valence-corrected chi connectivity index (χ0v) is 12.7. The Kier molecular flexibility index (Phi) is 5.44. The quantitative estimate of drug-likeness (QED) is 0.866. The van der Waals surface area contributed by atoms with Crippen molar-refractivity contribution in [3.63, 3.8) is 0 Å². The standard InChI is InChI=1S/C15H27N5/c1-3-6-12-7-5-9-20(10-8-12)14-11-13(17-4-2)18-15(16)19-14/h11-12H,3-10H2,1-2H3,(H3,16,17,18,19). The van der Waals surface area contributed by atoms with Crippen LogP contribution in [-0.4, -0.2) is 29.6 Å². The Balaban J connectivity index is 2.07. The van der Waals surface area contributed by atoms with Gasteiger partial charge in [-0.2, -0.15) is 9.97 Å². The number of hydrogen-bond acceptors (Lipinski definition) is 5. The second-order valence-corrected chi connectivity index (χ2v) is 5.57. The Bertz CT molecular complexity index is 421. The summed E-state index contributed by atoms with van der Waals surface area (Å²) >= 11 is 0. The minimum absolute atomic E-state index is 0.354. The van der Waals surface area contributed by atoms with Gasteiger partial charge in [-0.15, -0.1) is 0 Å². The third-order valence-electron chi connectivity index (χ3n) is 3.96. The summed E-state index contributed by atoms with van der Waals surface area (Å²) in [4.78, 5) is 11.0. The number of rotatable bonds is 5. The largest absolute Gasteiger partial charge is 0.370 e. The molecule has 1 fully saturated rings. The molecule has 1 aromatic heterocycles. The first-order chi connectivity index (χ1) is 9.72. The Morgan fingerprint density at radius 1 is 1.30 bits per heavy atom. The molecular formula is C15H27N5. The Morgan fingerprint density at radius 2 is 2.15 bits per heavy atom. The summed E-state index contributed by atoms with van der Waals surface area (Å²) < 4.78 is 0. The number of anilines is 3. The van der Waals surface area contributed by atoms with E-state index in [1.165, 1.54) is 32.1 Å². The summed E-state index contributed by atoms with van der Waals surface area (Å²) in [6.07, 6.45) is 6.47. The SMILES string of the molecule is CCCC1CCCN(c2cc(NCC)nc(N)n2)CC1. The molecule has 3 N–H and O–H groups in total. The number of nitrogens with zero attached hydrogens (tertiary/aromatic N) is 3. The van der Waals surface area contributed by atoms with Gasteiger partial charge in [-0.1, -0.05) is 19.8 Å². The molecule has 20 heavy (non-hydrogen) atoms. The number of aromatic nitrogens is 2. The Morgan fingerprint density at radius 3 is 2.90 bits per heavy atom. The summed E-state index contributed by atoms with van der Waals surface area (Å²) in [7, 11) is 0. The van der Waals surface area contributed by atoms with Crippen molar-refractivity contribution in [1.82, 2.24) is 9.97 Å². The molecule has 0 saturated carbocycles. The first kappa shape index (κ1) is 14.9. The lowest BCUT2D eigenvalue weighted by molar-refractivity contribution is 0.435.